The summed E-state index contributed by atoms with van der Waals surface area (Å²) >= 11 is 16.2. The summed E-state index contributed by atoms with van der Waals surface area (Å²) in [4.78, 5) is 10.8. The number of hydrogen-bond acceptors (Lipinski definition) is 1. The molecule has 2 nitrogen and oxygen atoms in total. The van der Waals surface area contributed by atoms with Gasteiger partial charge in [-0.3, -0.25) is 4.79 Å². The maximum Gasteiger partial charge on any atom is 0.471 e. The van der Waals surface area contributed by atoms with E-state index in [1.807, 2.05) is 0 Å². The number of amides is 1. The fraction of sp³-hybridized carbons (Fsp3) is 0.125. The molecule has 0 bridgehead atoms. The zero-order valence-corrected chi connectivity index (χ0v) is 12.9. The first-order valence-electron chi connectivity index (χ1n) is 3.85. The van der Waals surface area contributed by atoms with Gasteiger partial charge >= 0.3 is 12.1 Å². The third kappa shape index (κ3) is 3.62. The summed E-state index contributed by atoms with van der Waals surface area (Å²) in [5.74, 6) is -2.09. The van der Waals surface area contributed by atoms with Crippen LogP contribution in [0.3, 0.4) is 0 Å². The number of halogens is 7. The summed E-state index contributed by atoms with van der Waals surface area (Å²) in [6, 6.07) is 1.36. The Kier molecular flexibility index (Phi) is 4.96. The van der Waals surface area contributed by atoms with Crippen LogP contribution in [0.2, 0.25) is 10.0 Å². The van der Waals surface area contributed by atoms with Crippen LogP contribution >= 0.6 is 61.7 Å². The highest BCUT2D eigenvalue weighted by Gasteiger charge is 2.39. The van der Waals surface area contributed by atoms with E-state index in [2.05, 4.69) is 15.9 Å². The van der Waals surface area contributed by atoms with Gasteiger partial charge in [0, 0.05) is 0 Å². The van der Waals surface area contributed by atoms with Crippen molar-refractivity contribution in [3.8, 4) is 0 Å². The van der Waals surface area contributed by atoms with Crippen LogP contribution in [0.15, 0.2) is 10.5 Å². The van der Waals surface area contributed by atoms with Crippen molar-refractivity contribution in [1.82, 2.24) is 0 Å². The van der Waals surface area contributed by atoms with E-state index in [0.717, 1.165) is 0 Å². The molecule has 0 saturated heterocycles. The van der Waals surface area contributed by atoms with Crippen LogP contribution in [0.1, 0.15) is 0 Å². The molecule has 17 heavy (non-hydrogen) atoms. The molecule has 9 heteroatoms. The molecule has 0 atom stereocenters. The van der Waals surface area contributed by atoms with E-state index in [9.17, 15) is 18.0 Å². The Morgan fingerprint density at radius 3 is 2.35 bits per heavy atom. The molecule has 0 spiro atoms. The minimum Gasteiger partial charge on any atom is -0.316 e. The number of carbonyl (C=O) groups is 1. The lowest BCUT2D eigenvalue weighted by molar-refractivity contribution is -0.167. The zero-order chi connectivity index (χ0) is 13.4. The molecule has 1 aromatic rings. The highest BCUT2D eigenvalue weighted by molar-refractivity contribution is 14.1. The van der Waals surface area contributed by atoms with Gasteiger partial charge in [-0.2, -0.15) is 13.2 Å². The summed E-state index contributed by atoms with van der Waals surface area (Å²) in [5.41, 5.74) is -0.106. The summed E-state index contributed by atoms with van der Waals surface area (Å²) < 4.78 is 36.7. The van der Waals surface area contributed by atoms with Gasteiger partial charge in [0.1, 0.15) is 0 Å². The number of rotatable bonds is 1. The molecule has 1 N–H and O–H groups in total. The lowest BCUT2D eigenvalue weighted by Crippen LogP contribution is -2.30. The molecule has 0 aromatic heterocycles. The Morgan fingerprint density at radius 1 is 1.35 bits per heavy atom. The average Bonchev–Trinajstić information content (AvgIpc) is 2.20. The lowest BCUT2D eigenvalue weighted by atomic mass is 10.3. The Labute approximate surface area is 126 Å². The topological polar surface area (TPSA) is 29.1 Å². The van der Waals surface area contributed by atoms with Crippen LogP contribution in [0, 0.1) is 3.57 Å². The minimum atomic E-state index is -4.97. The van der Waals surface area contributed by atoms with Gasteiger partial charge in [0.15, 0.2) is 0 Å². The lowest BCUT2D eigenvalue weighted by Gasteiger charge is -2.13. The molecule has 1 rings (SSSR count). The summed E-state index contributed by atoms with van der Waals surface area (Å²) in [6.45, 7) is 0. The first-order chi connectivity index (χ1) is 7.64. The Bertz CT molecular complexity index is 455. The van der Waals surface area contributed by atoms with Gasteiger partial charge in [0.2, 0.25) is 0 Å². The first-order valence-corrected chi connectivity index (χ1v) is 6.48. The molecule has 0 heterocycles. The number of hydrogen-bond donors (Lipinski definition) is 1. The first kappa shape index (κ1) is 15.3. The molecule has 0 aliphatic rings. The van der Waals surface area contributed by atoms with Gasteiger partial charge < -0.3 is 5.32 Å². The van der Waals surface area contributed by atoms with Crippen LogP contribution in [0.25, 0.3) is 0 Å². The second-order valence-corrected chi connectivity index (χ2v) is 5.48. The van der Waals surface area contributed by atoms with Crippen LogP contribution in [-0.4, -0.2) is 12.1 Å². The van der Waals surface area contributed by atoms with Crippen molar-refractivity contribution < 1.29 is 18.0 Å². The highest BCUT2D eigenvalue weighted by Crippen LogP contribution is 2.39. The zero-order valence-electron chi connectivity index (χ0n) is 7.63. The molecule has 94 valence electrons. The number of carbonyl (C=O) groups excluding carboxylic acids is 1. The van der Waals surface area contributed by atoms with E-state index in [0.29, 0.717) is 0 Å². The molecule has 0 aliphatic carbocycles. The van der Waals surface area contributed by atoms with Crippen molar-refractivity contribution in [1.29, 1.82) is 0 Å². The van der Waals surface area contributed by atoms with E-state index in [-0.39, 0.29) is 23.8 Å². The second-order valence-electron chi connectivity index (χ2n) is 2.80. The fourth-order valence-corrected chi connectivity index (χ4v) is 2.67. The van der Waals surface area contributed by atoms with Crippen LogP contribution in [-0.2, 0) is 4.79 Å². The molecule has 1 amide bonds. The van der Waals surface area contributed by atoms with E-state index in [4.69, 9.17) is 23.2 Å². The Balaban J connectivity index is 3.20. The number of anilines is 1. The Morgan fingerprint density at radius 2 is 1.88 bits per heavy atom. The van der Waals surface area contributed by atoms with Gasteiger partial charge in [0.25, 0.3) is 0 Å². The minimum absolute atomic E-state index is 0.105. The van der Waals surface area contributed by atoms with Crippen LogP contribution in [0.4, 0.5) is 18.9 Å². The smallest absolute Gasteiger partial charge is 0.316 e. The van der Waals surface area contributed by atoms with Crippen LogP contribution in [0.5, 0.6) is 0 Å². The predicted octanol–water partition coefficient (Wildman–Crippen LogP) is 4.86. The second kappa shape index (κ2) is 5.50. The summed E-state index contributed by atoms with van der Waals surface area (Å²) in [5, 5.41) is 1.97. The average molecular weight is 463 g/mol. The Hall–Kier alpha value is 0.270. The monoisotopic (exact) mass is 461 g/mol. The standard InChI is InChI=1S/C8H2BrCl2F3INO/c9-4-2(10)1-3(11)5(15)6(4)16-7(17)8(12,13)14/h1H,(H,16,17). The number of alkyl halides is 3. The predicted molar refractivity (Wildman–Crippen MR) is 71.6 cm³/mol. The van der Waals surface area contributed by atoms with Gasteiger partial charge in [0.05, 0.1) is 23.8 Å². The van der Waals surface area contributed by atoms with E-state index in [1.165, 1.54) is 6.07 Å². The number of benzene rings is 1. The van der Waals surface area contributed by atoms with Crippen molar-refractivity contribution in [2.45, 2.75) is 6.18 Å². The SMILES string of the molecule is O=C(Nc1c(Br)c(Cl)cc(Cl)c1I)C(F)(F)F. The number of nitrogens with one attached hydrogen (secondary N) is 1. The molecule has 0 radical (unpaired) electrons. The molecule has 0 saturated carbocycles. The quantitative estimate of drug-likeness (QED) is 0.468. The summed E-state index contributed by atoms with van der Waals surface area (Å²) in [7, 11) is 0. The van der Waals surface area contributed by atoms with E-state index >= 15 is 0 Å². The molecule has 0 unspecified atom stereocenters. The van der Waals surface area contributed by atoms with Crippen molar-refractivity contribution in [2.24, 2.45) is 0 Å². The van der Waals surface area contributed by atoms with Crippen molar-refractivity contribution in [2.75, 3.05) is 5.32 Å². The molecular weight excluding hydrogens is 461 g/mol. The molecule has 0 fully saturated rings. The maximum atomic E-state index is 12.1. The highest BCUT2D eigenvalue weighted by atomic mass is 127. The largest absolute Gasteiger partial charge is 0.471 e. The van der Waals surface area contributed by atoms with Gasteiger partial charge in [-0.1, -0.05) is 23.2 Å². The third-order valence-corrected chi connectivity index (χ3v) is 4.70. The van der Waals surface area contributed by atoms with Crippen LogP contribution < -0.4 is 5.32 Å². The van der Waals surface area contributed by atoms with Gasteiger partial charge in [-0.15, -0.1) is 0 Å². The van der Waals surface area contributed by atoms with Gasteiger partial charge in [-0.25, -0.2) is 0 Å². The van der Waals surface area contributed by atoms with E-state index in [1.54, 1.807) is 27.9 Å². The molecule has 1 aromatic carbocycles. The normalized spacial score (nSPS) is 11.5. The van der Waals surface area contributed by atoms with Crippen molar-refractivity contribution in [3.63, 3.8) is 0 Å². The fourth-order valence-electron chi connectivity index (χ4n) is 0.867. The van der Waals surface area contributed by atoms with E-state index < -0.39 is 12.1 Å². The van der Waals surface area contributed by atoms with Gasteiger partial charge in [-0.05, 0) is 44.6 Å². The molecule has 0 aliphatic heterocycles. The molecular formula is C8H2BrCl2F3INO. The third-order valence-electron chi connectivity index (χ3n) is 1.61. The van der Waals surface area contributed by atoms with Crippen molar-refractivity contribution >= 4 is 73.3 Å². The van der Waals surface area contributed by atoms with Crippen molar-refractivity contribution in [3.05, 3.63) is 24.2 Å². The maximum absolute atomic E-state index is 12.1. The summed E-state index contributed by atoms with van der Waals surface area (Å²) in [6.07, 6.45) is -4.97.